The van der Waals surface area contributed by atoms with Crippen LogP contribution in [0.3, 0.4) is 0 Å². The normalized spacial score (nSPS) is 24.4. The number of benzene rings is 2. The van der Waals surface area contributed by atoms with E-state index >= 15 is 0 Å². The second kappa shape index (κ2) is 6.95. The molecule has 3 N–H and O–H groups in total. The summed E-state index contributed by atoms with van der Waals surface area (Å²) in [6, 6.07) is 24.8. The van der Waals surface area contributed by atoms with Gasteiger partial charge in [0, 0.05) is 16.7 Å². The SMILES string of the molecule is NC1(c2ccc(-c3nc4ccc5nncn5c4cc3-c3ccccc3)cc2)CC(O)(C2CC2)C1. The highest BCUT2D eigenvalue weighted by Crippen LogP contribution is 2.57. The molecule has 0 amide bonds. The average Bonchev–Trinajstić information content (AvgIpc) is 3.60. The molecule has 5 aromatic rings. The second-order valence-corrected chi connectivity index (χ2v) is 10.0. The minimum Gasteiger partial charge on any atom is -0.389 e. The first-order valence-corrected chi connectivity index (χ1v) is 11.8. The van der Waals surface area contributed by atoms with Crippen molar-refractivity contribution in [2.75, 3.05) is 0 Å². The molecule has 2 aliphatic carbocycles. The molecule has 0 bridgehead atoms. The number of hydrogen-bond donors (Lipinski definition) is 2. The van der Waals surface area contributed by atoms with E-state index in [-0.39, 0.29) is 0 Å². The Balaban J connectivity index is 1.33. The van der Waals surface area contributed by atoms with Gasteiger partial charge >= 0.3 is 0 Å². The van der Waals surface area contributed by atoms with Gasteiger partial charge in [-0.3, -0.25) is 4.40 Å². The smallest absolute Gasteiger partial charge is 0.161 e. The predicted octanol–water partition coefficient (Wildman–Crippen LogP) is 4.70. The molecule has 6 nitrogen and oxygen atoms in total. The highest BCUT2D eigenvalue weighted by molar-refractivity contribution is 5.91. The quantitative estimate of drug-likeness (QED) is 0.417. The number of rotatable bonds is 4. The van der Waals surface area contributed by atoms with Crippen molar-refractivity contribution >= 4 is 16.7 Å². The topological polar surface area (TPSA) is 89.3 Å². The molecule has 2 aliphatic rings. The summed E-state index contributed by atoms with van der Waals surface area (Å²) < 4.78 is 1.97. The molecule has 0 radical (unpaired) electrons. The van der Waals surface area contributed by atoms with Crippen molar-refractivity contribution in [1.82, 2.24) is 19.6 Å². The molecule has 3 aromatic heterocycles. The van der Waals surface area contributed by atoms with Gasteiger partial charge < -0.3 is 10.8 Å². The zero-order chi connectivity index (χ0) is 22.9. The summed E-state index contributed by atoms with van der Waals surface area (Å²) in [5.74, 6) is 0.441. The number of aromatic nitrogens is 4. The average molecular weight is 448 g/mol. The van der Waals surface area contributed by atoms with Crippen LogP contribution in [0.5, 0.6) is 0 Å². The van der Waals surface area contributed by atoms with E-state index in [4.69, 9.17) is 10.7 Å². The van der Waals surface area contributed by atoms with E-state index in [1.54, 1.807) is 6.33 Å². The van der Waals surface area contributed by atoms with Gasteiger partial charge in [-0.25, -0.2) is 4.98 Å². The van der Waals surface area contributed by atoms with E-state index in [0.717, 1.165) is 57.5 Å². The van der Waals surface area contributed by atoms with Gasteiger partial charge in [0.1, 0.15) is 6.33 Å². The first-order chi connectivity index (χ1) is 16.5. The Morgan fingerprint density at radius 2 is 1.68 bits per heavy atom. The van der Waals surface area contributed by atoms with Crippen molar-refractivity contribution < 1.29 is 5.11 Å². The van der Waals surface area contributed by atoms with Crippen LogP contribution in [0.1, 0.15) is 31.2 Å². The third kappa shape index (κ3) is 2.99. The summed E-state index contributed by atoms with van der Waals surface area (Å²) >= 11 is 0. The van der Waals surface area contributed by atoms with Crippen LogP contribution in [-0.4, -0.2) is 30.3 Å². The van der Waals surface area contributed by atoms with E-state index in [2.05, 4.69) is 52.7 Å². The molecule has 3 heterocycles. The third-order valence-electron chi connectivity index (χ3n) is 7.65. The number of fused-ring (bicyclic) bond motifs is 3. The van der Waals surface area contributed by atoms with Gasteiger partial charge in [0.15, 0.2) is 5.65 Å². The van der Waals surface area contributed by atoms with Crippen LogP contribution in [0.25, 0.3) is 39.1 Å². The molecule has 2 saturated carbocycles. The number of pyridine rings is 2. The van der Waals surface area contributed by atoms with Crippen LogP contribution < -0.4 is 5.73 Å². The Morgan fingerprint density at radius 3 is 2.41 bits per heavy atom. The minimum absolute atomic E-state index is 0.441. The molecule has 0 aliphatic heterocycles. The number of nitrogens with zero attached hydrogens (tertiary/aromatic N) is 4. The number of aliphatic hydroxyl groups is 1. The number of nitrogens with two attached hydrogens (primary N) is 1. The lowest BCUT2D eigenvalue weighted by atomic mass is 9.60. The van der Waals surface area contributed by atoms with Crippen molar-refractivity contribution in [3.05, 3.63) is 84.7 Å². The van der Waals surface area contributed by atoms with Crippen LogP contribution in [0.2, 0.25) is 0 Å². The maximum absolute atomic E-state index is 10.8. The van der Waals surface area contributed by atoms with E-state index in [1.807, 2.05) is 34.7 Å². The summed E-state index contributed by atoms with van der Waals surface area (Å²) in [7, 11) is 0. The monoisotopic (exact) mass is 447 g/mol. The van der Waals surface area contributed by atoms with Crippen molar-refractivity contribution in [2.24, 2.45) is 11.7 Å². The Bertz CT molecular complexity index is 1530. The van der Waals surface area contributed by atoms with Gasteiger partial charge in [0.25, 0.3) is 0 Å². The fourth-order valence-corrected chi connectivity index (χ4v) is 5.70. The molecule has 0 unspecified atom stereocenters. The summed E-state index contributed by atoms with van der Waals surface area (Å²) in [5, 5.41) is 19.0. The molecule has 0 saturated heterocycles. The van der Waals surface area contributed by atoms with Crippen molar-refractivity contribution in [2.45, 2.75) is 36.8 Å². The summed E-state index contributed by atoms with van der Waals surface area (Å²) in [6.45, 7) is 0. The van der Waals surface area contributed by atoms with E-state index in [0.29, 0.717) is 18.8 Å². The molecule has 0 atom stereocenters. The van der Waals surface area contributed by atoms with Crippen molar-refractivity contribution in [1.29, 1.82) is 0 Å². The zero-order valence-electron chi connectivity index (χ0n) is 18.7. The summed E-state index contributed by atoms with van der Waals surface area (Å²) in [6.07, 6.45) is 5.27. The van der Waals surface area contributed by atoms with Crippen LogP contribution in [-0.2, 0) is 5.54 Å². The molecule has 0 spiro atoms. The third-order valence-corrected chi connectivity index (χ3v) is 7.65. The van der Waals surface area contributed by atoms with E-state index < -0.39 is 11.1 Å². The van der Waals surface area contributed by atoms with Crippen LogP contribution >= 0.6 is 0 Å². The molecule has 7 rings (SSSR count). The fourth-order valence-electron chi connectivity index (χ4n) is 5.70. The molecule has 2 fully saturated rings. The zero-order valence-corrected chi connectivity index (χ0v) is 18.7. The molecule has 34 heavy (non-hydrogen) atoms. The molecule has 6 heteroatoms. The largest absolute Gasteiger partial charge is 0.389 e. The summed E-state index contributed by atoms with van der Waals surface area (Å²) in [4.78, 5) is 5.08. The molecular weight excluding hydrogens is 422 g/mol. The molecule has 2 aromatic carbocycles. The predicted molar refractivity (Wildman–Crippen MR) is 132 cm³/mol. The summed E-state index contributed by atoms with van der Waals surface area (Å²) in [5.41, 5.74) is 13.5. The fraction of sp³-hybridized carbons (Fsp3) is 0.250. The van der Waals surface area contributed by atoms with Gasteiger partial charge in [0.2, 0.25) is 0 Å². The molecule has 168 valence electrons. The Morgan fingerprint density at radius 1 is 0.912 bits per heavy atom. The minimum atomic E-state index is -0.568. The van der Waals surface area contributed by atoms with Gasteiger partial charge in [-0.1, -0.05) is 54.6 Å². The Hall–Kier alpha value is -3.61. The first-order valence-electron chi connectivity index (χ1n) is 11.8. The lowest BCUT2D eigenvalue weighted by Gasteiger charge is -2.52. The van der Waals surface area contributed by atoms with Crippen LogP contribution in [0.4, 0.5) is 0 Å². The van der Waals surface area contributed by atoms with Crippen molar-refractivity contribution in [3.63, 3.8) is 0 Å². The number of hydrogen-bond acceptors (Lipinski definition) is 5. The first kappa shape index (κ1) is 19.8. The van der Waals surface area contributed by atoms with Crippen LogP contribution in [0.15, 0.2) is 79.1 Å². The van der Waals surface area contributed by atoms with Crippen molar-refractivity contribution in [3.8, 4) is 22.4 Å². The lowest BCUT2D eigenvalue weighted by molar-refractivity contribution is -0.106. The highest BCUT2D eigenvalue weighted by atomic mass is 16.3. The molecular formula is C28H25N5O. The maximum Gasteiger partial charge on any atom is 0.161 e. The van der Waals surface area contributed by atoms with Gasteiger partial charge in [0.05, 0.1) is 22.3 Å². The maximum atomic E-state index is 10.8. The van der Waals surface area contributed by atoms with E-state index in [1.165, 1.54) is 0 Å². The lowest BCUT2D eigenvalue weighted by Crippen LogP contribution is -2.60. The van der Waals surface area contributed by atoms with Gasteiger partial charge in [-0.15, -0.1) is 10.2 Å². The second-order valence-electron chi connectivity index (χ2n) is 10.0. The highest BCUT2D eigenvalue weighted by Gasteiger charge is 2.58. The van der Waals surface area contributed by atoms with Gasteiger partial charge in [-0.05, 0) is 60.9 Å². The van der Waals surface area contributed by atoms with Crippen LogP contribution in [0, 0.1) is 5.92 Å². The Kier molecular flexibility index (Phi) is 4.05. The van der Waals surface area contributed by atoms with Gasteiger partial charge in [-0.2, -0.15) is 0 Å². The Labute approximate surface area is 197 Å². The standard InChI is InChI=1S/C28H25N5O/c29-27(15-28(34,16-27)21-10-11-21)20-8-6-19(7-9-20)26-22(18-4-2-1-3-5-18)14-24-23(31-26)12-13-25-32-30-17-33(24)25/h1-9,12-14,17,21,34H,10-11,15-16,29H2. The van der Waals surface area contributed by atoms with E-state index in [9.17, 15) is 5.11 Å².